The number of hydrogen-bond donors (Lipinski definition) is 2. The predicted molar refractivity (Wildman–Crippen MR) is 98.5 cm³/mol. The summed E-state index contributed by atoms with van der Waals surface area (Å²) in [6.45, 7) is 0. The molecule has 7 heteroatoms. The number of thiazole rings is 1. The van der Waals surface area contributed by atoms with Crippen LogP contribution in [0.5, 0.6) is 0 Å². The van der Waals surface area contributed by atoms with Crippen molar-refractivity contribution in [2.75, 3.05) is 5.32 Å². The summed E-state index contributed by atoms with van der Waals surface area (Å²) in [5, 5.41) is 6.97. The van der Waals surface area contributed by atoms with E-state index >= 15 is 0 Å². The van der Waals surface area contributed by atoms with Gasteiger partial charge in [-0.15, -0.1) is 0 Å². The van der Waals surface area contributed by atoms with Crippen LogP contribution in [-0.4, -0.2) is 23.0 Å². The number of anilines is 1. The van der Waals surface area contributed by atoms with Gasteiger partial charge in [-0.05, 0) is 49.6 Å². The normalized spacial score (nSPS) is 19.6. The molecule has 1 fully saturated rings. The molecule has 0 unspecified atom stereocenters. The second kappa shape index (κ2) is 6.99. The number of hydrogen-bond acceptors (Lipinski definition) is 4. The number of carbonyl (C=O) groups excluding carboxylic acids is 1. The summed E-state index contributed by atoms with van der Waals surface area (Å²) in [7, 11) is 0. The Kier molecular flexibility index (Phi) is 4.55. The number of benzene rings is 2. The van der Waals surface area contributed by atoms with Crippen LogP contribution in [0.15, 0.2) is 42.5 Å². The Labute approximate surface area is 153 Å². The minimum Gasteiger partial charge on any atom is -0.357 e. The second-order valence-corrected chi connectivity index (χ2v) is 7.40. The van der Waals surface area contributed by atoms with Crippen LogP contribution in [0.25, 0.3) is 10.2 Å². The minimum atomic E-state index is -0.527. The van der Waals surface area contributed by atoms with Gasteiger partial charge in [-0.25, -0.2) is 13.8 Å². The number of amides is 1. The molecule has 0 bridgehead atoms. The van der Waals surface area contributed by atoms with Crippen molar-refractivity contribution in [1.82, 2.24) is 10.3 Å². The Morgan fingerprint density at radius 3 is 2.77 bits per heavy atom. The van der Waals surface area contributed by atoms with E-state index in [2.05, 4.69) is 15.6 Å². The van der Waals surface area contributed by atoms with Gasteiger partial charge in [0.05, 0.1) is 15.8 Å². The van der Waals surface area contributed by atoms with Gasteiger partial charge in [-0.2, -0.15) is 0 Å². The van der Waals surface area contributed by atoms with E-state index in [0.717, 1.165) is 29.5 Å². The first-order chi connectivity index (χ1) is 12.6. The third-order valence-electron chi connectivity index (χ3n) is 4.61. The lowest BCUT2D eigenvalue weighted by molar-refractivity contribution is 0.0932. The predicted octanol–water partition coefficient (Wildman–Crippen LogP) is 4.34. The smallest absolute Gasteiger partial charge is 0.254 e. The van der Waals surface area contributed by atoms with Crippen molar-refractivity contribution < 1.29 is 13.6 Å². The first-order valence-electron chi connectivity index (χ1n) is 8.48. The molecule has 2 N–H and O–H groups in total. The zero-order valence-corrected chi connectivity index (χ0v) is 14.7. The van der Waals surface area contributed by atoms with Crippen LogP contribution < -0.4 is 10.6 Å². The number of aromatic nitrogens is 1. The summed E-state index contributed by atoms with van der Waals surface area (Å²) in [5.74, 6) is -1.22. The lowest BCUT2D eigenvalue weighted by Gasteiger charge is -2.22. The zero-order chi connectivity index (χ0) is 18.1. The molecule has 4 nitrogen and oxygen atoms in total. The average Bonchev–Trinajstić information content (AvgIpc) is 3.21. The number of nitrogens with zero attached hydrogens (tertiary/aromatic N) is 1. The molecule has 134 valence electrons. The Balaban J connectivity index is 1.47. The standard InChI is InChI=1S/C19H17F2N3OS/c20-11-8-9-16-17(10-11)26-19(24-16)23-15-7-3-6-14(15)22-18(25)12-4-1-2-5-13(12)21/h1-2,4-5,8-10,14-15H,3,6-7H2,(H,22,25)(H,23,24)/t14-,15-/m1/s1. The Bertz CT molecular complexity index is 959. The van der Waals surface area contributed by atoms with Crippen molar-refractivity contribution in [2.24, 2.45) is 0 Å². The van der Waals surface area contributed by atoms with Crippen molar-refractivity contribution in [2.45, 2.75) is 31.3 Å². The van der Waals surface area contributed by atoms with Crippen LogP contribution in [-0.2, 0) is 0 Å². The lowest BCUT2D eigenvalue weighted by atomic mass is 10.1. The van der Waals surface area contributed by atoms with Crippen molar-refractivity contribution in [1.29, 1.82) is 0 Å². The van der Waals surface area contributed by atoms with Gasteiger partial charge in [-0.1, -0.05) is 23.5 Å². The zero-order valence-electron chi connectivity index (χ0n) is 13.8. The largest absolute Gasteiger partial charge is 0.357 e. The SMILES string of the molecule is O=C(N[C@@H]1CCC[C@H]1Nc1nc2ccc(F)cc2s1)c1ccccc1F. The summed E-state index contributed by atoms with van der Waals surface area (Å²) < 4.78 is 27.9. The van der Waals surface area contributed by atoms with Crippen LogP contribution in [0.4, 0.5) is 13.9 Å². The fourth-order valence-corrected chi connectivity index (χ4v) is 4.27. The Hall–Kier alpha value is -2.54. The maximum atomic E-state index is 13.8. The summed E-state index contributed by atoms with van der Waals surface area (Å²) >= 11 is 1.38. The van der Waals surface area contributed by atoms with E-state index in [1.807, 2.05) is 0 Å². The van der Waals surface area contributed by atoms with Crippen molar-refractivity contribution >= 4 is 32.6 Å². The van der Waals surface area contributed by atoms with Gasteiger partial charge in [0.25, 0.3) is 5.91 Å². The third-order valence-corrected chi connectivity index (χ3v) is 5.56. The quantitative estimate of drug-likeness (QED) is 0.715. The van der Waals surface area contributed by atoms with E-state index in [0.29, 0.717) is 5.13 Å². The molecule has 2 aromatic carbocycles. The van der Waals surface area contributed by atoms with Crippen LogP contribution in [0.1, 0.15) is 29.6 Å². The summed E-state index contributed by atoms with van der Waals surface area (Å²) in [4.78, 5) is 16.8. The molecular weight excluding hydrogens is 356 g/mol. The number of nitrogens with one attached hydrogen (secondary N) is 2. The fraction of sp³-hybridized carbons (Fsp3) is 0.263. The molecule has 0 aliphatic heterocycles. The number of rotatable bonds is 4. The van der Waals surface area contributed by atoms with Crippen LogP contribution >= 0.6 is 11.3 Å². The molecule has 1 saturated carbocycles. The average molecular weight is 373 g/mol. The number of fused-ring (bicyclic) bond motifs is 1. The molecule has 1 heterocycles. The summed E-state index contributed by atoms with van der Waals surface area (Å²) in [6, 6.07) is 10.4. The molecule has 3 aromatic rings. The Morgan fingerprint density at radius 2 is 1.92 bits per heavy atom. The number of carbonyl (C=O) groups is 1. The molecule has 0 saturated heterocycles. The summed E-state index contributed by atoms with van der Waals surface area (Å²) in [5.41, 5.74) is 0.789. The topological polar surface area (TPSA) is 54.0 Å². The highest BCUT2D eigenvalue weighted by atomic mass is 32.1. The molecule has 1 aromatic heterocycles. The van der Waals surface area contributed by atoms with Crippen LogP contribution in [0, 0.1) is 11.6 Å². The van der Waals surface area contributed by atoms with Crippen molar-refractivity contribution in [3.8, 4) is 0 Å². The monoisotopic (exact) mass is 373 g/mol. The van der Waals surface area contributed by atoms with E-state index in [1.54, 1.807) is 18.2 Å². The lowest BCUT2D eigenvalue weighted by Crippen LogP contribution is -2.43. The van der Waals surface area contributed by atoms with E-state index in [-0.39, 0.29) is 23.5 Å². The number of halogens is 2. The van der Waals surface area contributed by atoms with Gasteiger partial charge in [0, 0.05) is 12.1 Å². The van der Waals surface area contributed by atoms with Crippen LogP contribution in [0.2, 0.25) is 0 Å². The highest BCUT2D eigenvalue weighted by Crippen LogP contribution is 2.30. The second-order valence-electron chi connectivity index (χ2n) is 6.37. The van der Waals surface area contributed by atoms with Gasteiger partial charge in [0.15, 0.2) is 5.13 Å². The third kappa shape index (κ3) is 3.39. The molecule has 0 radical (unpaired) electrons. The summed E-state index contributed by atoms with van der Waals surface area (Å²) in [6.07, 6.45) is 2.66. The molecule has 4 rings (SSSR count). The van der Waals surface area contributed by atoms with Gasteiger partial charge in [-0.3, -0.25) is 4.79 Å². The molecule has 26 heavy (non-hydrogen) atoms. The van der Waals surface area contributed by atoms with E-state index in [4.69, 9.17) is 0 Å². The highest BCUT2D eigenvalue weighted by Gasteiger charge is 2.30. The van der Waals surface area contributed by atoms with Crippen molar-refractivity contribution in [3.63, 3.8) is 0 Å². The minimum absolute atomic E-state index is 0.0103. The molecule has 0 spiro atoms. The van der Waals surface area contributed by atoms with E-state index in [9.17, 15) is 13.6 Å². The van der Waals surface area contributed by atoms with Crippen LogP contribution in [0.3, 0.4) is 0 Å². The molecule has 2 atom stereocenters. The maximum absolute atomic E-state index is 13.8. The first-order valence-corrected chi connectivity index (χ1v) is 9.30. The molecule has 1 aliphatic rings. The maximum Gasteiger partial charge on any atom is 0.254 e. The molecule has 1 amide bonds. The first kappa shape index (κ1) is 16.9. The highest BCUT2D eigenvalue weighted by molar-refractivity contribution is 7.22. The van der Waals surface area contributed by atoms with E-state index < -0.39 is 11.7 Å². The fourth-order valence-electron chi connectivity index (χ4n) is 3.32. The van der Waals surface area contributed by atoms with Crippen molar-refractivity contribution in [3.05, 3.63) is 59.7 Å². The molecule has 1 aliphatic carbocycles. The van der Waals surface area contributed by atoms with Gasteiger partial charge >= 0.3 is 0 Å². The van der Waals surface area contributed by atoms with Gasteiger partial charge < -0.3 is 10.6 Å². The van der Waals surface area contributed by atoms with E-state index in [1.165, 1.54) is 35.6 Å². The van der Waals surface area contributed by atoms with Gasteiger partial charge in [0.1, 0.15) is 11.6 Å². The Morgan fingerprint density at radius 1 is 1.12 bits per heavy atom. The molecular formula is C19H17F2N3OS. The van der Waals surface area contributed by atoms with Gasteiger partial charge in [0.2, 0.25) is 0 Å².